The average Bonchev–Trinajstić information content (AvgIpc) is 3.42. The van der Waals surface area contributed by atoms with Gasteiger partial charge in [0, 0.05) is 17.4 Å². The van der Waals surface area contributed by atoms with Crippen LogP contribution in [0.1, 0.15) is 37.1 Å². The number of nitrogens with one attached hydrogen (secondary N) is 2. The summed E-state index contributed by atoms with van der Waals surface area (Å²) in [7, 11) is 0. The summed E-state index contributed by atoms with van der Waals surface area (Å²) in [6.45, 7) is 2.62. The molecule has 0 saturated heterocycles. The van der Waals surface area contributed by atoms with Crippen LogP contribution in [0, 0.1) is 6.92 Å². The molecule has 30 heavy (non-hydrogen) atoms. The Morgan fingerprint density at radius 3 is 2.57 bits per heavy atom. The van der Waals surface area contributed by atoms with E-state index < -0.39 is 0 Å². The molecule has 1 aliphatic rings. The van der Waals surface area contributed by atoms with E-state index >= 15 is 0 Å². The number of rotatable bonds is 8. The summed E-state index contributed by atoms with van der Waals surface area (Å²) in [4.78, 5) is 12.4. The Morgan fingerprint density at radius 1 is 1.07 bits per heavy atom. The number of hydrogen-bond acceptors (Lipinski definition) is 5. The number of carbonyl (C=O) groups is 1. The highest BCUT2D eigenvalue weighted by Crippen LogP contribution is 2.24. The number of anilines is 1. The predicted molar refractivity (Wildman–Crippen MR) is 121 cm³/mol. The fraction of sp³-hybridized carbons (Fsp3) is 0.348. The third-order valence-electron chi connectivity index (χ3n) is 5.35. The van der Waals surface area contributed by atoms with Crippen molar-refractivity contribution in [3.8, 4) is 5.69 Å². The van der Waals surface area contributed by atoms with Crippen LogP contribution in [0.3, 0.4) is 0 Å². The van der Waals surface area contributed by atoms with Gasteiger partial charge in [-0.3, -0.25) is 9.36 Å². The van der Waals surface area contributed by atoms with E-state index in [9.17, 15) is 4.79 Å². The van der Waals surface area contributed by atoms with Crippen molar-refractivity contribution in [3.63, 3.8) is 0 Å². The Labute approximate surface area is 181 Å². The molecular formula is C23H27N5OS. The van der Waals surface area contributed by atoms with Gasteiger partial charge in [-0.15, -0.1) is 10.2 Å². The Kier molecular flexibility index (Phi) is 6.69. The number of aromatic nitrogens is 3. The maximum Gasteiger partial charge on any atom is 0.230 e. The zero-order chi connectivity index (χ0) is 20.8. The van der Waals surface area contributed by atoms with Crippen molar-refractivity contribution in [2.24, 2.45) is 0 Å². The fourth-order valence-electron chi connectivity index (χ4n) is 3.76. The number of hydrogen-bond donors (Lipinski definition) is 2. The first-order chi connectivity index (χ1) is 14.7. The van der Waals surface area contributed by atoms with Gasteiger partial charge < -0.3 is 10.6 Å². The first-order valence-electron chi connectivity index (χ1n) is 10.4. The van der Waals surface area contributed by atoms with Crippen LogP contribution in [0.25, 0.3) is 5.69 Å². The van der Waals surface area contributed by atoms with Gasteiger partial charge in [0.1, 0.15) is 0 Å². The number of nitrogens with zero attached hydrogens (tertiary/aromatic N) is 3. The molecule has 1 aliphatic carbocycles. The van der Waals surface area contributed by atoms with Gasteiger partial charge in [-0.25, -0.2) is 0 Å². The van der Waals surface area contributed by atoms with Crippen LogP contribution in [0.5, 0.6) is 0 Å². The summed E-state index contributed by atoms with van der Waals surface area (Å²) in [6, 6.07) is 18.5. The second kappa shape index (κ2) is 9.80. The highest BCUT2D eigenvalue weighted by atomic mass is 32.2. The van der Waals surface area contributed by atoms with E-state index in [0.29, 0.717) is 18.3 Å². The normalized spacial score (nSPS) is 14.0. The summed E-state index contributed by atoms with van der Waals surface area (Å²) >= 11 is 1.43. The molecular weight excluding hydrogens is 394 g/mol. The third-order valence-corrected chi connectivity index (χ3v) is 6.28. The summed E-state index contributed by atoms with van der Waals surface area (Å²) in [5.41, 5.74) is 3.24. The highest BCUT2D eigenvalue weighted by molar-refractivity contribution is 7.99. The minimum atomic E-state index is 0.0640. The first kappa shape index (κ1) is 20.5. The van der Waals surface area contributed by atoms with Gasteiger partial charge in [-0.05, 0) is 43.5 Å². The second-order valence-corrected chi connectivity index (χ2v) is 8.52. The van der Waals surface area contributed by atoms with Crippen molar-refractivity contribution in [2.75, 3.05) is 11.1 Å². The number of thioether (sulfide) groups is 1. The van der Waals surface area contributed by atoms with Crippen molar-refractivity contribution in [2.45, 2.75) is 50.4 Å². The molecule has 7 heteroatoms. The molecule has 3 aromatic rings. The summed E-state index contributed by atoms with van der Waals surface area (Å²) < 4.78 is 2.03. The van der Waals surface area contributed by atoms with E-state index in [1.54, 1.807) is 0 Å². The van der Waals surface area contributed by atoms with Crippen LogP contribution in [0.2, 0.25) is 0 Å². The SMILES string of the molecule is Cc1ccccc1NCc1nnc(SCC(=O)NC2CCCC2)n1-c1ccccc1. The molecule has 1 heterocycles. The van der Waals surface area contributed by atoms with Gasteiger partial charge in [0.05, 0.1) is 12.3 Å². The quantitative estimate of drug-likeness (QED) is 0.530. The summed E-state index contributed by atoms with van der Waals surface area (Å²) in [5.74, 6) is 1.21. The van der Waals surface area contributed by atoms with Crippen molar-refractivity contribution < 1.29 is 4.79 Å². The topological polar surface area (TPSA) is 71.8 Å². The predicted octanol–water partition coefficient (Wildman–Crippen LogP) is 4.34. The fourth-order valence-corrected chi connectivity index (χ4v) is 4.54. The summed E-state index contributed by atoms with van der Waals surface area (Å²) in [5, 5.41) is 16.1. The lowest BCUT2D eigenvalue weighted by Crippen LogP contribution is -2.33. The zero-order valence-electron chi connectivity index (χ0n) is 17.2. The molecule has 0 radical (unpaired) electrons. The molecule has 6 nitrogen and oxygen atoms in total. The minimum absolute atomic E-state index is 0.0640. The van der Waals surface area contributed by atoms with E-state index in [0.717, 1.165) is 35.2 Å². The van der Waals surface area contributed by atoms with Crippen LogP contribution in [-0.2, 0) is 11.3 Å². The van der Waals surface area contributed by atoms with Gasteiger partial charge in [-0.2, -0.15) is 0 Å². The molecule has 0 atom stereocenters. The highest BCUT2D eigenvalue weighted by Gasteiger charge is 2.19. The Morgan fingerprint density at radius 2 is 1.80 bits per heavy atom. The van der Waals surface area contributed by atoms with Crippen molar-refractivity contribution in [1.82, 2.24) is 20.1 Å². The lowest BCUT2D eigenvalue weighted by atomic mass is 10.2. The van der Waals surface area contributed by atoms with Crippen LogP contribution < -0.4 is 10.6 Å². The van der Waals surface area contributed by atoms with E-state index in [-0.39, 0.29) is 5.91 Å². The van der Waals surface area contributed by atoms with Gasteiger partial charge in [-0.1, -0.05) is 61.0 Å². The Bertz CT molecular complexity index is 982. The molecule has 1 aromatic heterocycles. The molecule has 2 N–H and O–H groups in total. The van der Waals surface area contributed by atoms with Crippen molar-refractivity contribution in [3.05, 3.63) is 66.0 Å². The number of amides is 1. The number of carbonyl (C=O) groups excluding carboxylic acids is 1. The molecule has 0 bridgehead atoms. The molecule has 1 amide bonds. The van der Waals surface area contributed by atoms with Gasteiger partial charge in [0.15, 0.2) is 11.0 Å². The third kappa shape index (κ3) is 5.02. The van der Waals surface area contributed by atoms with E-state index in [1.165, 1.54) is 30.2 Å². The number of aryl methyl sites for hydroxylation is 1. The molecule has 2 aromatic carbocycles. The lowest BCUT2D eigenvalue weighted by Gasteiger charge is -2.13. The average molecular weight is 422 g/mol. The van der Waals surface area contributed by atoms with Crippen LogP contribution in [0.15, 0.2) is 59.8 Å². The molecule has 1 fully saturated rings. The van der Waals surface area contributed by atoms with E-state index in [2.05, 4.69) is 39.9 Å². The molecule has 156 valence electrons. The molecule has 0 spiro atoms. The van der Waals surface area contributed by atoms with Crippen molar-refractivity contribution >= 4 is 23.4 Å². The number of benzene rings is 2. The van der Waals surface area contributed by atoms with Crippen molar-refractivity contribution in [1.29, 1.82) is 0 Å². The van der Waals surface area contributed by atoms with E-state index in [4.69, 9.17) is 0 Å². The van der Waals surface area contributed by atoms with Gasteiger partial charge in [0.2, 0.25) is 5.91 Å². The standard InChI is InChI=1S/C23H27N5OS/c1-17-9-5-8-14-20(17)24-15-21-26-27-23(28(21)19-12-3-2-4-13-19)30-16-22(29)25-18-10-6-7-11-18/h2-5,8-9,12-14,18,24H,6-7,10-11,15-16H2,1H3,(H,25,29). The molecule has 1 saturated carbocycles. The number of para-hydroxylation sites is 2. The van der Waals surface area contributed by atoms with Gasteiger partial charge >= 0.3 is 0 Å². The lowest BCUT2D eigenvalue weighted by molar-refractivity contribution is -0.119. The van der Waals surface area contributed by atoms with Crippen LogP contribution >= 0.6 is 11.8 Å². The molecule has 4 rings (SSSR count). The largest absolute Gasteiger partial charge is 0.378 e. The maximum atomic E-state index is 12.4. The van der Waals surface area contributed by atoms with Gasteiger partial charge in [0.25, 0.3) is 0 Å². The maximum absolute atomic E-state index is 12.4. The smallest absolute Gasteiger partial charge is 0.230 e. The minimum Gasteiger partial charge on any atom is -0.378 e. The molecule has 0 unspecified atom stereocenters. The first-order valence-corrected chi connectivity index (χ1v) is 11.4. The monoisotopic (exact) mass is 421 g/mol. The Hall–Kier alpha value is -2.80. The summed E-state index contributed by atoms with van der Waals surface area (Å²) in [6.07, 6.45) is 4.59. The molecule has 0 aliphatic heterocycles. The zero-order valence-corrected chi connectivity index (χ0v) is 18.0. The van der Waals surface area contributed by atoms with Crippen LogP contribution in [0.4, 0.5) is 5.69 Å². The van der Waals surface area contributed by atoms with Crippen LogP contribution in [-0.4, -0.2) is 32.5 Å². The second-order valence-electron chi connectivity index (χ2n) is 7.58. The Balaban J connectivity index is 1.49. The van der Waals surface area contributed by atoms with E-state index in [1.807, 2.05) is 47.0 Å².